The molecule has 3 N–H and O–H groups in total. The van der Waals surface area contributed by atoms with Crippen molar-refractivity contribution < 1.29 is 14.6 Å². The first-order chi connectivity index (χ1) is 8.69. The molecule has 0 saturated heterocycles. The molecule has 102 valence electrons. The Morgan fingerprint density at radius 2 is 2.00 bits per heavy atom. The van der Waals surface area contributed by atoms with E-state index in [0.717, 1.165) is 13.0 Å². The number of nitrogens with two attached hydrogens (primary N) is 1. The van der Waals surface area contributed by atoms with Gasteiger partial charge in [-0.25, -0.2) is 4.39 Å². The molecule has 18 heavy (non-hydrogen) atoms. The lowest BCUT2D eigenvalue weighted by molar-refractivity contribution is -0.898. The third-order valence-corrected chi connectivity index (χ3v) is 3.70. The number of halogens is 2. The predicted molar refractivity (Wildman–Crippen MR) is 73.4 cm³/mol. The van der Waals surface area contributed by atoms with E-state index in [2.05, 4.69) is 19.2 Å². The average molecular weight is 275 g/mol. The molecule has 1 rings (SSSR count). The van der Waals surface area contributed by atoms with Gasteiger partial charge in [-0.1, -0.05) is 17.7 Å². The highest BCUT2D eigenvalue weighted by molar-refractivity contribution is 6.31. The van der Waals surface area contributed by atoms with Crippen molar-refractivity contribution in [2.24, 2.45) is 0 Å². The van der Waals surface area contributed by atoms with Crippen molar-refractivity contribution in [1.82, 2.24) is 0 Å². The first-order valence-corrected chi connectivity index (χ1v) is 7.14. The Hall–Kier alpha value is -0.640. The summed E-state index contributed by atoms with van der Waals surface area (Å²) in [6.45, 7) is 9.61. The van der Waals surface area contributed by atoms with Crippen LogP contribution in [0.2, 0.25) is 5.02 Å². The molecule has 0 aromatic heterocycles. The summed E-state index contributed by atoms with van der Waals surface area (Å²) >= 11 is 5.97. The van der Waals surface area contributed by atoms with E-state index in [9.17, 15) is 4.39 Å². The molecule has 0 aliphatic rings. The highest BCUT2D eigenvalue weighted by atomic mass is 35.5. The Morgan fingerprint density at radius 3 is 2.61 bits per heavy atom. The average Bonchev–Trinajstić information content (AvgIpc) is 2.37. The van der Waals surface area contributed by atoms with Gasteiger partial charge in [0.15, 0.2) is 0 Å². The molecule has 0 atom stereocenters. The molecular weight excluding hydrogens is 251 g/mol. The third-order valence-electron chi connectivity index (χ3n) is 3.35. The highest BCUT2D eigenvalue weighted by Crippen LogP contribution is 2.17. The van der Waals surface area contributed by atoms with Crippen LogP contribution in [0, 0.1) is 5.82 Å². The van der Waals surface area contributed by atoms with Crippen LogP contribution in [0.3, 0.4) is 0 Å². The van der Waals surface area contributed by atoms with Gasteiger partial charge in [0.1, 0.15) is 12.4 Å². The molecule has 2 nitrogen and oxygen atoms in total. The van der Waals surface area contributed by atoms with Crippen LogP contribution in [-0.2, 0) is 6.54 Å². The summed E-state index contributed by atoms with van der Waals surface area (Å²) in [4.78, 5) is 1.62. The monoisotopic (exact) mass is 274 g/mol. The predicted octanol–water partition coefficient (Wildman–Crippen LogP) is 0.857. The Morgan fingerprint density at radius 1 is 1.28 bits per heavy atom. The fourth-order valence-corrected chi connectivity index (χ4v) is 2.31. The fourth-order valence-electron chi connectivity index (χ4n) is 2.07. The second kappa shape index (κ2) is 8.46. The van der Waals surface area contributed by atoms with Crippen molar-refractivity contribution in [2.75, 3.05) is 26.2 Å². The maximum absolute atomic E-state index is 13.5. The number of benzene rings is 1. The van der Waals surface area contributed by atoms with Gasteiger partial charge in [-0.2, -0.15) is 0 Å². The molecule has 0 aliphatic heterocycles. The van der Waals surface area contributed by atoms with Gasteiger partial charge in [0, 0.05) is 6.42 Å². The topological polar surface area (TPSA) is 21.1 Å². The maximum Gasteiger partial charge on any atom is 0.133 e. The van der Waals surface area contributed by atoms with Gasteiger partial charge >= 0.3 is 0 Å². The second-order valence-corrected chi connectivity index (χ2v) is 4.95. The van der Waals surface area contributed by atoms with Crippen LogP contribution >= 0.6 is 11.6 Å². The summed E-state index contributed by atoms with van der Waals surface area (Å²) < 4.78 is 13.5. The van der Waals surface area contributed by atoms with Gasteiger partial charge in [-0.05, 0) is 26.0 Å². The van der Waals surface area contributed by atoms with Crippen LogP contribution in [0.15, 0.2) is 18.2 Å². The zero-order valence-corrected chi connectivity index (χ0v) is 12.1. The van der Waals surface area contributed by atoms with Crippen molar-refractivity contribution in [3.8, 4) is 0 Å². The van der Waals surface area contributed by atoms with E-state index < -0.39 is 0 Å². The number of hydrogen-bond acceptors (Lipinski definition) is 0. The number of rotatable bonds is 8. The molecule has 0 fully saturated rings. The zero-order chi connectivity index (χ0) is 13.4. The molecule has 1 aromatic rings. The van der Waals surface area contributed by atoms with Gasteiger partial charge in [-0.3, -0.25) is 0 Å². The Kier molecular flexibility index (Phi) is 7.25. The lowest BCUT2D eigenvalue weighted by Crippen LogP contribution is -3.11. The lowest BCUT2D eigenvalue weighted by atomic mass is 10.2. The molecule has 0 saturated carbocycles. The zero-order valence-electron chi connectivity index (χ0n) is 11.3. The normalized spacial score (nSPS) is 11.2. The SMILES string of the molecule is CC[NH+](CC)CCC[NH2+]Cc1c(F)cccc1Cl. The van der Waals surface area contributed by atoms with Crippen LogP contribution in [0.25, 0.3) is 0 Å². The first-order valence-electron chi connectivity index (χ1n) is 6.77. The van der Waals surface area contributed by atoms with Gasteiger partial charge in [-0.15, -0.1) is 0 Å². The van der Waals surface area contributed by atoms with Crippen LogP contribution in [-0.4, -0.2) is 26.2 Å². The summed E-state index contributed by atoms with van der Waals surface area (Å²) in [7, 11) is 0. The number of hydrogen-bond donors (Lipinski definition) is 2. The summed E-state index contributed by atoms with van der Waals surface area (Å²) in [6, 6.07) is 4.86. The molecular formula is C14H24ClFN2+2. The van der Waals surface area contributed by atoms with Crippen molar-refractivity contribution in [3.63, 3.8) is 0 Å². The molecule has 0 unspecified atom stereocenters. The quantitative estimate of drug-likeness (QED) is 0.656. The van der Waals surface area contributed by atoms with E-state index >= 15 is 0 Å². The Labute approximate surface area is 114 Å². The Balaban J connectivity index is 2.26. The van der Waals surface area contributed by atoms with Crippen molar-refractivity contribution in [3.05, 3.63) is 34.6 Å². The largest absolute Gasteiger partial charge is 0.342 e. The van der Waals surface area contributed by atoms with Crippen molar-refractivity contribution in [1.29, 1.82) is 0 Å². The number of nitrogens with one attached hydrogen (secondary N) is 1. The molecule has 0 amide bonds. The number of quaternary nitrogens is 2. The van der Waals surface area contributed by atoms with E-state index in [1.54, 1.807) is 17.0 Å². The van der Waals surface area contributed by atoms with Gasteiger partial charge < -0.3 is 10.2 Å². The van der Waals surface area contributed by atoms with E-state index in [0.29, 0.717) is 17.1 Å². The van der Waals surface area contributed by atoms with Crippen LogP contribution < -0.4 is 10.2 Å². The molecule has 1 aromatic carbocycles. The molecule has 0 bridgehead atoms. The van der Waals surface area contributed by atoms with Crippen molar-refractivity contribution in [2.45, 2.75) is 26.8 Å². The van der Waals surface area contributed by atoms with Gasteiger partial charge in [0.2, 0.25) is 0 Å². The molecule has 0 heterocycles. The second-order valence-electron chi connectivity index (χ2n) is 4.54. The summed E-state index contributed by atoms with van der Waals surface area (Å²) in [5.41, 5.74) is 0.620. The van der Waals surface area contributed by atoms with E-state index in [4.69, 9.17) is 11.6 Å². The third kappa shape index (κ3) is 4.92. The minimum Gasteiger partial charge on any atom is -0.342 e. The standard InChI is InChI=1S/C14H22ClFN2/c1-3-18(4-2)10-6-9-17-11-12-13(15)7-5-8-14(12)16/h5,7-8,17H,3-4,6,9-11H2,1-2H3/p+2. The molecule has 0 aliphatic carbocycles. The minimum absolute atomic E-state index is 0.201. The van der Waals surface area contributed by atoms with Crippen molar-refractivity contribution >= 4 is 11.6 Å². The smallest absolute Gasteiger partial charge is 0.133 e. The Bertz CT molecular complexity index is 333. The van der Waals surface area contributed by atoms with Crippen LogP contribution in [0.4, 0.5) is 4.39 Å². The van der Waals surface area contributed by atoms with Crippen LogP contribution in [0.5, 0.6) is 0 Å². The molecule has 0 radical (unpaired) electrons. The van der Waals surface area contributed by atoms with E-state index in [-0.39, 0.29) is 5.82 Å². The van der Waals surface area contributed by atoms with E-state index in [1.165, 1.54) is 25.7 Å². The first kappa shape index (κ1) is 15.4. The van der Waals surface area contributed by atoms with E-state index in [1.807, 2.05) is 0 Å². The van der Waals surface area contributed by atoms with Gasteiger partial charge in [0.05, 0.1) is 36.8 Å². The summed E-state index contributed by atoms with van der Waals surface area (Å²) in [5.74, 6) is -0.201. The molecule has 4 heteroatoms. The highest BCUT2D eigenvalue weighted by Gasteiger charge is 2.08. The van der Waals surface area contributed by atoms with Gasteiger partial charge in [0.25, 0.3) is 0 Å². The minimum atomic E-state index is -0.201. The van der Waals surface area contributed by atoms with Crippen LogP contribution in [0.1, 0.15) is 25.8 Å². The lowest BCUT2D eigenvalue weighted by Gasteiger charge is -2.14. The summed E-state index contributed by atoms with van der Waals surface area (Å²) in [6.07, 6.45) is 1.16. The maximum atomic E-state index is 13.5. The summed E-state index contributed by atoms with van der Waals surface area (Å²) in [5, 5.41) is 2.66. The fraction of sp³-hybridized carbons (Fsp3) is 0.571. The molecule has 0 spiro atoms.